The third-order valence-electron chi connectivity index (χ3n) is 3.96. The van der Waals surface area contributed by atoms with Crippen LogP contribution in [-0.4, -0.2) is 41.1 Å². The normalized spacial score (nSPS) is 18.3. The highest BCUT2D eigenvalue weighted by Gasteiger charge is 2.28. The van der Waals surface area contributed by atoms with E-state index in [1.165, 1.54) is 30.6 Å². The number of benzene rings is 1. The smallest absolute Gasteiger partial charge is 0.324 e. The molecule has 122 valence electrons. The summed E-state index contributed by atoms with van der Waals surface area (Å²) in [6.45, 7) is -0.190. The van der Waals surface area contributed by atoms with Gasteiger partial charge in [0.1, 0.15) is 13.1 Å². The molecule has 1 saturated heterocycles. The number of hydrogen-bond donors (Lipinski definition) is 2. The fourth-order valence-electron chi connectivity index (χ4n) is 2.83. The van der Waals surface area contributed by atoms with Crippen LogP contribution >= 0.6 is 11.8 Å². The molecule has 1 heterocycles. The minimum atomic E-state index is -0.515. The van der Waals surface area contributed by atoms with Crippen molar-refractivity contribution in [3.8, 4) is 0 Å². The van der Waals surface area contributed by atoms with Crippen LogP contribution in [0, 0.1) is 0 Å². The van der Waals surface area contributed by atoms with E-state index in [4.69, 9.17) is 0 Å². The van der Waals surface area contributed by atoms with Gasteiger partial charge < -0.3 is 10.2 Å². The van der Waals surface area contributed by atoms with Crippen LogP contribution in [0.1, 0.15) is 25.7 Å². The van der Waals surface area contributed by atoms with E-state index in [9.17, 15) is 14.4 Å². The third kappa shape index (κ3) is 4.04. The second-order valence-electron chi connectivity index (χ2n) is 5.78. The lowest BCUT2D eigenvalue weighted by Crippen LogP contribution is -2.35. The summed E-state index contributed by atoms with van der Waals surface area (Å²) in [5.74, 6) is -0.672. The van der Waals surface area contributed by atoms with Gasteiger partial charge in [0.05, 0.1) is 5.69 Å². The van der Waals surface area contributed by atoms with Crippen LogP contribution in [-0.2, 0) is 9.59 Å². The zero-order valence-corrected chi connectivity index (χ0v) is 13.5. The predicted molar refractivity (Wildman–Crippen MR) is 88.3 cm³/mol. The molecule has 3 rings (SSSR count). The van der Waals surface area contributed by atoms with Crippen molar-refractivity contribution >= 4 is 35.3 Å². The number of hydrogen-bond acceptors (Lipinski definition) is 4. The Bertz CT molecular complexity index is 629. The van der Waals surface area contributed by atoms with Crippen molar-refractivity contribution in [3.63, 3.8) is 0 Å². The van der Waals surface area contributed by atoms with E-state index in [1.807, 2.05) is 24.3 Å². The molecule has 2 aliphatic rings. The zero-order valence-electron chi connectivity index (χ0n) is 12.7. The van der Waals surface area contributed by atoms with Crippen LogP contribution in [0.3, 0.4) is 0 Å². The van der Waals surface area contributed by atoms with Crippen LogP contribution in [0.2, 0.25) is 0 Å². The first-order chi connectivity index (χ1) is 11.1. The Morgan fingerprint density at radius 3 is 2.70 bits per heavy atom. The molecule has 7 heteroatoms. The first kappa shape index (κ1) is 15.9. The van der Waals surface area contributed by atoms with Gasteiger partial charge in [0.15, 0.2) is 0 Å². The van der Waals surface area contributed by atoms with E-state index >= 15 is 0 Å². The predicted octanol–water partition coefficient (Wildman–Crippen LogP) is 2.21. The summed E-state index contributed by atoms with van der Waals surface area (Å²) in [6, 6.07) is 7.19. The van der Waals surface area contributed by atoms with Crippen LogP contribution in [0.5, 0.6) is 0 Å². The van der Waals surface area contributed by atoms with Crippen molar-refractivity contribution in [1.82, 2.24) is 10.2 Å². The average molecular weight is 333 g/mol. The number of urea groups is 1. The molecule has 0 atom stereocenters. The van der Waals surface area contributed by atoms with Gasteiger partial charge in [-0.25, -0.2) is 4.79 Å². The molecule has 23 heavy (non-hydrogen) atoms. The van der Waals surface area contributed by atoms with Gasteiger partial charge in [-0.1, -0.05) is 25.0 Å². The molecule has 0 radical (unpaired) electrons. The lowest BCUT2D eigenvalue weighted by atomic mass is 10.3. The molecule has 1 aliphatic carbocycles. The third-order valence-corrected chi connectivity index (χ3v) is 5.37. The number of nitrogens with one attached hydrogen (secondary N) is 2. The Morgan fingerprint density at radius 1 is 1.26 bits per heavy atom. The van der Waals surface area contributed by atoms with Crippen LogP contribution in [0.15, 0.2) is 29.2 Å². The summed E-state index contributed by atoms with van der Waals surface area (Å²) in [7, 11) is 0. The number of carbonyl (C=O) groups is 3. The first-order valence-electron chi connectivity index (χ1n) is 7.76. The van der Waals surface area contributed by atoms with E-state index in [1.54, 1.807) is 11.8 Å². The van der Waals surface area contributed by atoms with E-state index < -0.39 is 6.03 Å². The summed E-state index contributed by atoms with van der Waals surface area (Å²) < 4.78 is 0. The second-order valence-corrected chi connectivity index (χ2v) is 7.12. The van der Waals surface area contributed by atoms with Crippen molar-refractivity contribution in [2.75, 3.05) is 18.4 Å². The second kappa shape index (κ2) is 7.04. The molecule has 1 aromatic carbocycles. The molecule has 0 unspecified atom stereocenters. The van der Waals surface area contributed by atoms with Gasteiger partial charge in [-0.3, -0.25) is 14.9 Å². The zero-order chi connectivity index (χ0) is 16.2. The molecular formula is C16H19N3O3S. The highest BCUT2D eigenvalue weighted by molar-refractivity contribution is 8.00. The number of thioether (sulfide) groups is 1. The van der Waals surface area contributed by atoms with E-state index in [0.717, 1.165) is 10.6 Å². The maximum Gasteiger partial charge on any atom is 0.325 e. The number of rotatable bonds is 5. The Hall–Kier alpha value is -2.02. The number of nitrogens with zero attached hydrogens (tertiary/aromatic N) is 1. The minimum absolute atomic E-state index is 0.0648. The highest BCUT2D eigenvalue weighted by atomic mass is 32.2. The van der Waals surface area contributed by atoms with Gasteiger partial charge in [-0.15, -0.1) is 11.8 Å². The van der Waals surface area contributed by atoms with Gasteiger partial charge in [0, 0.05) is 10.1 Å². The fourth-order valence-corrected chi connectivity index (χ4v) is 4.16. The molecule has 1 aromatic rings. The number of anilines is 1. The SMILES string of the molecule is O=C1CN(CC(=O)Nc2ccccc2SC2CCCC2)C(=O)N1. The van der Waals surface area contributed by atoms with Crippen molar-refractivity contribution < 1.29 is 14.4 Å². The molecule has 1 saturated carbocycles. The summed E-state index contributed by atoms with van der Waals surface area (Å²) in [6.07, 6.45) is 4.96. The maximum atomic E-state index is 12.2. The summed E-state index contributed by atoms with van der Waals surface area (Å²) in [5, 5.41) is 5.62. The number of imide groups is 1. The highest BCUT2D eigenvalue weighted by Crippen LogP contribution is 2.37. The van der Waals surface area contributed by atoms with Crippen molar-refractivity contribution in [3.05, 3.63) is 24.3 Å². The number of para-hydroxylation sites is 1. The largest absolute Gasteiger partial charge is 0.325 e. The number of carbonyl (C=O) groups excluding carboxylic acids is 3. The van der Waals surface area contributed by atoms with Crippen molar-refractivity contribution in [2.24, 2.45) is 0 Å². The summed E-state index contributed by atoms with van der Waals surface area (Å²) in [5.41, 5.74) is 0.764. The molecular weight excluding hydrogens is 314 g/mol. The molecule has 1 aliphatic heterocycles. The van der Waals surface area contributed by atoms with E-state index in [-0.39, 0.29) is 24.9 Å². The molecule has 0 aromatic heterocycles. The molecule has 4 amide bonds. The molecule has 2 N–H and O–H groups in total. The summed E-state index contributed by atoms with van der Waals surface area (Å²) in [4.78, 5) is 37.0. The standard InChI is InChI=1S/C16H19N3O3S/c20-14(9-19-10-15(21)18-16(19)22)17-12-7-3-4-8-13(12)23-11-5-1-2-6-11/h3-4,7-8,11H,1-2,5-6,9-10H2,(H,17,20)(H,18,21,22). The topological polar surface area (TPSA) is 78.5 Å². The van der Waals surface area contributed by atoms with Crippen LogP contribution < -0.4 is 10.6 Å². The van der Waals surface area contributed by atoms with Crippen LogP contribution in [0.4, 0.5) is 10.5 Å². The lowest BCUT2D eigenvalue weighted by Gasteiger charge is -2.16. The first-order valence-corrected chi connectivity index (χ1v) is 8.64. The average Bonchev–Trinajstić information content (AvgIpc) is 3.11. The van der Waals surface area contributed by atoms with Gasteiger partial charge >= 0.3 is 6.03 Å². The molecule has 2 fully saturated rings. The Labute approximate surface area is 139 Å². The van der Waals surface area contributed by atoms with Gasteiger partial charge in [-0.05, 0) is 25.0 Å². The monoisotopic (exact) mass is 333 g/mol. The Morgan fingerprint density at radius 2 is 2.00 bits per heavy atom. The minimum Gasteiger partial charge on any atom is -0.324 e. The lowest BCUT2D eigenvalue weighted by molar-refractivity contribution is -0.119. The summed E-state index contributed by atoms with van der Waals surface area (Å²) >= 11 is 1.80. The molecule has 6 nitrogen and oxygen atoms in total. The molecule has 0 spiro atoms. The maximum absolute atomic E-state index is 12.2. The van der Waals surface area contributed by atoms with Crippen LogP contribution in [0.25, 0.3) is 0 Å². The van der Waals surface area contributed by atoms with Crippen molar-refractivity contribution in [2.45, 2.75) is 35.8 Å². The Kier molecular flexibility index (Phi) is 4.85. The van der Waals surface area contributed by atoms with E-state index in [2.05, 4.69) is 10.6 Å². The van der Waals surface area contributed by atoms with Gasteiger partial charge in [0.2, 0.25) is 11.8 Å². The van der Waals surface area contributed by atoms with Gasteiger partial charge in [-0.2, -0.15) is 0 Å². The van der Waals surface area contributed by atoms with Crippen molar-refractivity contribution in [1.29, 1.82) is 0 Å². The van der Waals surface area contributed by atoms with E-state index in [0.29, 0.717) is 5.25 Å². The number of amides is 4. The fraction of sp³-hybridized carbons (Fsp3) is 0.438. The quantitative estimate of drug-likeness (QED) is 0.810. The van der Waals surface area contributed by atoms with Gasteiger partial charge in [0.25, 0.3) is 0 Å². The molecule has 0 bridgehead atoms. The Balaban J connectivity index is 1.61.